The first-order valence-electron chi connectivity index (χ1n) is 9.31. The van der Waals surface area contributed by atoms with Crippen molar-refractivity contribution in [2.75, 3.05) is 13.2 Å². The van der Waals surface area contributed by atoms with Crippen molar-refractivity contribution in [3.8, 4) is 11.5 Å². The van der Waals surface area contributed by atoms with Crippen LogP contribution in [0.3, 0.4) is 0 Å². The molecule has 0 saturated carbocycles. The molecular formula is C20H15N3O9S. The molecule has 3 rings (SSSR count). The SMILES string of the molecule is CCOC(=O)CN1C(=O)SC(=Cc2ccc(Oc3ccc([N+](=O)[O-])cc3[N+](=O)[O-])cc2)C1=O. The number of nitrogens with zero attached hydrogens (tertiary/aromatic N) is 3. The number of nitro groups is 2. The first-order valence-corrected chi connectivity index (χ1v) is 10.1. The Morgan fingerprint density at radius 2 is 1.79 bits per heavy atom. The zero-order chi connectivity index (χ0) is 24.1. The van der Waals surface area contributed by atoms with E-state index in [-0.39, 0.29) is 23.0 Å². The molecule has 12 nitrogen and oxygen atoms in total. The topological polar surface area (TPSA) is 159 Å². The third kappa shape index (κ3) is 5.51. The van der Waals surface area contributed by atoms with E-state index in [1.54, 1.807) is 19.1 Å². The molecule has 0 spiro atoms. The average Bonchev–Trinajstić information content (AvgIpc) is 3.02. The van der Waals surface area contributed by atoms with Crippen molar-refractivity contribution in [1.82, 2.24) is 4.90 Å². The van der Waals surface area contributed by atoms with Crippen LogP contribution in [0, 0.1) is 20.2 Å². The van der Waals surface area contributed by atoms with E-state index in [9.17, 15) is 34.6 Å². The lowest BCUT2D eigenvalue weighted by atomic mass is 10.2. The number of rotatable bonds is 8. The van der Waals surface area contributed by atoms with Gasteiger partial charge in [0, 0.05) is 6.07 Å². The van der Waals surface area contributed by atoms with E-state index < -0.39 is 44.9 Å². The summed E-state index contributed by atoms with van der Waals surface area (Å²) >= 11 is 0.682. The van der Waals surface area contributed by atoms with E-state index in [1.807, 2.05) is 0 Å². The third-order valence-electron chi connectivity index (χ3n) is 4.22. The first-order chi connectivity index (χ1) is 15.7. The number of imide groups is 1. The molecule has 0 unspecified atom stereocenters. The molecule has 1 fully saturated rings. The summed E-state index contributed by atoms with van der Waals surface area (Å²) in [5, 5.41) is 21.5. The molecule has 0 aliphatic carbocycles. The highest BCUT2D eigenvalue weighted by molar-refractivity contribution is 8.18. The number of ether oxygens (including phenoxy) is 2. The van der Waals surface area contributed by atoms with Crippen LogP contribution in [-0.2, 0) is 14.3 Å². The van der Waals surface area contributed by atoms with Gasteiger partial charge in [0.25, 0.3) is 16.8 Å². The van der Waals surface area contributed by atoms with E-state index in [0.717, 1.165) is 23.1 Å². The average molecular weight is 473 g/mol. The van der Waals surface area contributed by atoms with Crippen LogP contribution in [0.15, 0.2) is 47.4 Å². The smallest absolute Gasteiger partial charge is 0.326 e. The van der Waals surface area contributed by atoms with Gasteiger partial charge < -0.3 is 9.47 Å². The van der Waals surface area contributed by atoms with Crippen LogP contribution in [-0.4, -0.2) is 45.0 Å². The van der Waals surface area contributed by atoms with Crippen LogP contribution in [0.5, 0.6) is 11.5 Å². The maximum Gasteiger partial charge on any atom is 0.326 e. The minimum Gasteiger partial charge on any atom is -0.465 e. The monoisotopic (exact) mass is 473 g/mol. The molecule has 2 aromatic rings. The normalized spacial score (nSPS) is 14.5. The van der Waals surface area contributed by atoms with Crippen molar-refractivity contribution < 1.29 is 33.7 Å². The van der Waals surface area contributed by atoms with Gasteiger partial charge in [-0.1, -0.05) is 12.1 Å². The summed E-state index contributed by atoms with van der Waals surface area (Å²) in [6.07, 6.45) is 1.45. The van der Waals surface area contributed by atoms with Gasteiger partial charge in [0.15, 0.2) is 0 Å². The summed E-state index contributed by atoms with van der Waals surface area (Å²) in [6.45, 7) is 1.26. The third-order valence-corrected chi connectivity index (χ3v) is 5.13. The van der Waals surface area contributed by atoms with E-state index in [0.29, 0.717) is 17.3 Å². The van der Waals surface area contributed by atoms with Crippen molar-refractivity contribution in [3.63, 3.8) is 0 Å². The Bertz CT molecular complexity index is 1180. The summed E-state index contributed by atoms with van der Waals surface area (Å²) in [5.74, 6) is -1.29. The number of hydrogen-bond donors (Lipinski definition) is 0. The van der Waals surface area contributed by atoms with Gasteiger partial charge in [-0.15, -0.1) is 0 Å². The number of amides is 2. The Morgan fingerprint density at radius 1 is 1.09 bits per heavy atom. The number of benzene rings is 2. The maximum atomic E-state index is 12.4. The summed E-state index contributed by atoms with van der Waals surface area (Å²) in [6, 6.07) is 9.06. The van der Waals surface area contributed by atoms with E-state index in [2.05, 4.69) is 0 Å². The molecule has 2 aromatic carbocycles. The predicted molar refractivity (Wildman–Crippen MR) is 116 cm³/mol. The van der Waals surface area contributed by atoms with Crippen molar-refractivity contribution >= 4 is 46.3 Å². The number of carbonyl (C=O) groups is 3. The van der Waals surface area contributed by atoms with Gasteiger partial charge in [0.1, 0.15) is 12.3 Å². The quantitative estimate of drug-likeness (QED) is 0.238. The zero-order valence-corrected chi connectivity index (χ0v) is 17.8. The van der Waals surface area contributed by atoms with Crippen LogP contribution in [0.4, 0.5) is 16.2 Å². The van der Waals surface area contributed by atoms with Gasteiger partial charge >= 0.3 is 11.7 Å². The lowest BCUT2D eigenvalue weighted by Crippen LogP contribution is -2.34. The Balaban J connectivity index is 1.75. The Hall–Kier alpha value is -4.26. The molecular weight excluding hydrogens is 458 g/mol. The predicted octanol–water partition coefficient (Wildman–Crippen LogP) is 3.89. The van der Waals surface area contributed by atoms with Crippen molar-refractivity contribution in [2.24, 2.45) is 0 Å². The van der Waals surface area contributed by atoms with Crippen molar-refractivity contribution in [3.05, 3.63) is 73.2 Å². The molecule has 0 radical (unpaired) electrons. The molecule has 0 atom stereocenters. The molecule has 2 amide bonds. The van der Waals surface area contributed by atoms with E-state index >= 15 is 0 Å². The number of esters is 1. The summed E-state index contributed by atoms with van der Waals surface area (Å²) in [4.78, 5) is 57.5. The van der Waals surface area contributed by atoms with Crippen molar-refractivity contribution in [2.45, 2.75) is 6.92 Å². The fourth-order valence-corrected chi connectivity index (χ4v) is 3.57. The van der Waals surface area contributed by atoms with Gasteiger partial charge in [-0.2, -0.15) is 0 Å². The molecule has 1 aliphatic rings. The summed E-state index contributed by atoms with van der Waals surface area (Å²) < 4.78 is 10.2. The van der Waals surface area contributed by atoms with Crippen LogP contribution >= 0.6 is 11.8 Å². The van der Waals surface area contributed by atoms with Gasteiger partial charge in [0.2, 0.25) is 5.75 Å². The Morgan fingerprint density at radius 3 is 2.39 bits per heavy atom. The molecule has 170 valence electrons. The molecule has 0 aromatic heterocycles. The molecule has 0 N–H and O–H groups in total. The molecule has 1 heterocycles. The largest absolute Gasteiger partial charge is 0.465 e. The lowest BCUT2D eigenvalue weighted by Gasteiger charge is -2.10. The second-order valence-corrected chi connectivity index (χ2v) is 7.40. The first kappa shape index (κ1) is 23.4. The van der Waals surface area contributed by atoms with Crippen molar-refractivity contribution in [1.29, 1.82) is 0 Å². The van der Waals surface area contributed by atoms with Crippen LogP contribution < -0.4 is 4.74 Å². The number of hydrogen-bond acceptors (Lipinski definition) is 10. The minimum atomic E-state index is -0.789. The van der Waals surface area contributed by atoms with Gasteiger partial charge in [-0.3, -0.25) is 39.5 Å². The molecule has 13 heteroatoms. The number of non-ortho nitro benzene ring substituents is 1. The Kier molecular flexibility index (Phi) is 7.03. The highest BCUT2D eigenvalue weighted by Gasteiger charge is 2.36. The fraction of sp³-hybridized carbons (Fsp3) is 0.150. The highest BCUT2D eigenvalue weighted by Crippen LogP contribution is 2.35. The molecule has 33 heavy (non-hydrogen) atoms. The van der Waals surface area contributed by atoms with Crippen LogP contribution in [0.25, 0.3) is 6.08 Å². The van der Waals surface area contributed by atoms with E-state index in [4.69, 9.17) is 9.47 Å². The lowest BCUT2D eigenvalue weighted by molar-refractivity contribution is -0.394. The maximum absolute atomic E-state index is 12.4. The second-order valence-electron chi connectivity index (χ2n) is 6.41. The molecule has 1 aliphatic heterocycles. The summed E-state index contributed by atoms with van der Waals surface area (Å²) in [7, 11) is 0. The van der Waals surface area contributed by atoms with Crippen LogP contribution in [0.2, 0.25) is 0 Å². The highest BCUT2D eigenvalue weighted by atomic mass is 32.2. The van der Waals surface area contributed by atoms with Gasteiger partial charge in [-0.05, 0) is 48.5 Å². The molecule has 0 bridgehead atoms. The number of carbonyl (C=O) groups excluding carboxylic acids is 3. The fourth-order valence-electron chi connectivity index (χ4n) is 2.73. The zero-order valence-electron chi connectivity index (χ0n) is 17.0. The molecule has 1 saturated heterocycles. The number of thioether (sulfide) groups is 1. The van der Waals surface area contributed by atoms with Gasteiger partial charge in [0.05, 0.1) is 27.4 Å². The standard InChI is InChI=1S/C20H15N3O9S/c1-2-31-18(24)11-21-19(25)17(33-20(21)26)9-12-3-6-14(7-4-12)32-16-8-5-13(22(27)28)10-15(16)23(29)30/h3-10H,2,11H2,1H3. The van der Waals surface area contributed by atoms with Crippen LogP contribution in [0.1, 0.15) is 12.5 Å². The Labute approximate surface area is 190 Å². The second kappa shape index (κ2) is 9.91. The van der Waals surface area contributed by atoms with E-state index in [1.165, 1.54) is 18.2 Å². The number of nitro benzene ring substituents is 2. The minimum absolute atomic E-state index is 0.115. The van der Waals surface area contributed by atoms with Gasteiger partial charge in [-0.25, -0.2) is 0 Å². The summed E-state index contributed by atoms with van der Waals surface area (Å²) in [5.41, 5.74) is -0.480.